The van der Waals surface area contributed by atoms with Gasteiger partial charge < -0.3 is 19.0 Å². The minimum atomic E-state index is -0.822. The second kappa shape index (κ2) is 6.81. The Balaban J connectivity index is 1.46. The van der Waals surface area contributed by atoms with E-state index in [4.69, 9.17) is 13.9 Å². The maximum atomic E-state index is 10.3. The number of nitrogens with zero attached hydrogens (tertiary/aromatic N) is 1. The molecule has 28 heavy (non-hydrogen) atoms. The van der Waals surface area contributed by atoms with Crippen LogP contribution in [0.3, 0.4) is 0 Å². The molecular formula is C22H23NO4S. The first kappa shape index (κ1) is 18.1. The number of hydrogen-bond donors (Lipinski definition) is 1. The van der Waals surface area contributed by atoms with Crippen LogP contribution in [0.4, 0.5) is 0 Å². The third kappa shape index (κ3) is 3.10. The molecule has 5 nitrogen and oxygen atoms in total. The summed E-state index contributed by atoms with van der Waals surface area (Å²) >= 11 is 1.65. The van der Waals surface area contributed by atoms with Crippen molar-refractivity contribution in [2.45, 2.75) is 57.7 Å². The zero-order chi connectivity index (χ0) is 19.3. The smallest absolute Gasteiger partial charge is 0.198 e. The number of furan rings is 1. The number of aliphatic hydroxyl groups excluding tert-OH is 1. The minimum absolute atomic E-state index is 0.0331. The zero-order valence-corrected chi connectivity index (χ0v) is 16.8. The predicted octanol–water partition coefficient (Wildman–Crippen LogP) is 4.55. The molecule has 0 bridgehead atoms. The Bertz CT molecular complexity index is 984. The standard InChI is InChI=1S/C22H23NO4S/c1-13-6-16-12-26-22(10-17(24)7-14(2)27-22)18(16)8-15(13)9-21-23-11-20(28-21)19-4-3-5-25-19/h3-6,8,11,14,17,24H,7,9-10,12H2,1-2H3/t14-,17+,22-/m1/s1. The van der Waals surface area contributed by atoms with Crippen molar-refractivity contribution >= 4 is 11.3 Å². The lowest BCUT2D eigenvalue weighted by molar-refractivity contribution is -0.295. The molecule has 0 aliphatic carbocycles. The number of hydrogen-bond acceptors (Lipinski definition) is 6. The highest BCUT2D eigenvalue weighted by Gasteiger charge is 2.47. The van der Waals surface area contributed by atoms with E-state index in [0.717, 1.165) is 33.2 Å². The van der Waals surface area contributed by atoms with Crippen LogP contribution in [0.2, 0.25) is 0 Å². The molecule has 0 radical (unpaired) electrons. The minimum Gasteiger partial charge on any atom is -0.463 e. The molecule has 1 N–H and O–H groups in total. The molecule has 1 spiro atoms. The number of aryl methyl sites for hydroxylation is 1. The first-order valence-corrected chi connectivity index (χ1v) is 10.5. The fourth-order valence-electron chi connectivity index (χ4n) is 4.30. The maximum Gasteiger partial charge on any atom is 0.198 e. The Morgan fingerprint density at radius 2 is 2.25 bits per heavy atom. The summed E-state index contributed by atoms with van der Waals surface area (Å²) in [4.78, 5) is 5.62. The van der Waals surface area contributed by atoms with Gasteiger partial charge in [0.05, 0.1) is 35.0 Å². The van der Waals surface area contributed by atoms with E-state index < -0.39 is 11.9 Å². The van der Waals surface area contributed by atoms with Gasteiger partial charge in [0.1, 0.15) is 5.76 Å². The zero-order valence-electron chi connectivity index (χ0n) is 16.0. The average molecular weight is 397 g/mol. The first-order chi connectivity index (χ1) is 13.5. The van der Waals surface area contributed by atoms with Gasteiger partial charge in [-0.05, 0) is 55.2 Å². The van der Waals surface area contributed by atoms with Gasteiger partial charge >= 0.3 is 0 Å². The summed E-state index contributed by atoms with van der Waals surface area (Å²) < 4.78 is 17.8. The third-order valence-electron chi connectivity index (χ3n) is 5.59. The number of benzene rings is 1. The van der Waals surface area contributed by atoms with E-state index in [0.29, 0.717) is 19.4 Å². The molecule has 1 saturated heterocycles. The van der Waals surface area contributed by atoms with Crippen molar-refractivity contribution in [2.75, 3.05) is 0 Å². The van der Waals surface area contributed by atoms with Crippen LogP contribution in [0.25, 0.3) is 10.6 Å². The SMILES string of the molecule is Cc1cc2c(cc1Cc1ncc(-c3ccco3)s1)[C@]1(C[C@@H](O)C[C@@H](C)O1)OC2. The normalized spacial score (nSPS) is 26.7. The largest absolute Gasteiger partial charge is 0.463 e. The van der Waals surface area contributed by atoms with Gasteiger partial charge in [-0.15, -0.1) is 11.3 Å². The monoisotopic (exact) mass is 397 g/mol. The molecule has 1 fully saturated rings. The fraction of sp³-hybridized carbons (Fsp3) is 0.409. The number of fused-ring (bicyclic) bond motifs is 2. The molecule has 0 saturated carbocycles. The Labute approximate surface area is 167 Å². The molecule has 2 aromatic heterocycles. The van der Waals surface area contributed by atoms with E-state index in [1.807, 2.05) is 25.3 Å². The van der Waals surface area contributed by atoms with Crippen molar-refractivity contribution < 1.29 is 19.0 Å². The Morgan fingerprint density at radius 3 is 3.04 bits per heavy atom. The van der Waals surface area contributed by atoms with Crippen LogP contribution in [-0.4, -0.2) is 22.3 Å². The molecule has 0 amide bonds. The lowest BCUT2D eigenvalue weighted by Gasteiger charge is -2.39. The summed E-state index contributed by atoms with van der Waals surface area (Å²) in [5.41, 5.74) is 4.64. The summed E-state index contributed by atoms with van der Waals surface area (Å²) in [5, 5.41) is 11.3. The lowest BCUT2D eigenvalue weighted by atomic mass is 9.89. The van der Waals surface area contributed by atoms with E-state index in [-0.39, 0.29) is 6.10 Å². The lowest BCUT2D eigenvalue weighted by Crippen LogP contribution is -2.43. The molecule has 1 aromatic carbocycles. The Morgan fingerprint density at radius 1 is 1.36 bits per heavy atom. The summed E-state index contributed by atoms with van der Waals surface area (Å²) in [7, 11) is 0. The maximum absolute atomic E-state index is 10.3. The van der Waals surface area contributed by atoms with E-state index in [1.165, 1.54) is 11.1 Å². The number of aliphatic hydroxyl groups is 1. The molecule has 0 unspecified atom stereocenters. The quantitative estimate of drug-likeness (QED) is 0.703. The first-order valence-electron chi connectivity index (χ1n) is 9.64. The van der Waals surface area contributed by atoms with Crippen molar-refractivity contribution in [1.29, 1.82) is 0 Å². The summed E-state index contributed by atoms with van der Waals surface area (Å²) in [6, 6.07) is 8.22. The molecule has 6 heteroatoms. The second-order valence-electron chi connectivity index (χ2n) is 7.77. The van der Waals surface area contributed by atoms with Crippen molar-refractivity contribution in [3.8, 4) is 10.6 Å². The molecule has 2 aliphatic heterocycles. The van der Waals surface area contributed by atoms with E-state index >= 15 is 0 Å². The molecule has 3 atom stereocenters. The Hall–Kier alpha value is -1.99. The van der Waals surface area contributed by atoms with Gasteiger partial charge in [-0.3, -0.25) is 0 Å². The number of thiazole rings is 1. The van der Waals surface area contributed by atoms with Gasteiger partial charge in [0.15, 0.2) is 5.79 Å². The third-order valence-corrected chi connectivity index (χ3v) is 6.60. The topological polar surface area (TPSA) is 64.7 Å². The average Bonchev–Trinajstić information content (AvgIpc) is 3.37. The van der Waals surface area contributed by atoms with Crippen LogP contribution in [0.5, 0.6) is 0 Å². The molecule has 146 valence electrons. The van der Waals surface area contributed by atoms with Crippen LogP contribution in [0.15, 0.2) is 41.1 Å². The number of ether oxygens (including phenoxy) is 2. The molecule has 3 aromatic rings. The highest BCUT2D eigenvalue weighted by atomic mass is 32.1. The predicted molar refractivity (Wildman–Crippen MR) is 106 cm³/mol. The van der Waals surface area contributed by atoms with Gasteiger partial charge in [-0.1, -0.05) is 6.07 Å². The van der Waals surface area contributed by atoms with Crippen molar-refractivity contribution in [2.24, 2.45) is 0 Å². The molecule has 4 heterocycles. The van der Waals surface area contributed by atoms with Crippen molar-refractivity contribution in [3.05, 3.63) is 64.0 Å². The second-order valence-corrected chi connectivity index (χ2v) is 8.89. The highest BCUT2D eigenvalue weighted by Crippen LogP contribution is 2.46. The number of rotatable bonds is 3. The van der Waals surface area contributed by atoms with Crippen LogP contribution >= 0.6 is 11.3 Å². The van der Waals surface area contributed by atoms with Gasteiger partial charge in [-0.25, -0.2) is 4.98 Å². The Kier molecular flexibility index (Phi) is 4.39. The van der Waals surface area contributed by atoms with Gasteiger partial charge in [-0.2, -0.15) is 0 Å². The van der Waals surface area contributed by atoms with Crippen molar-refractivity contribution in [3.63, 3.8) is 0 Å². The van der Waals surface area contributed by atoms with Crippen molar-refractivity contribution in [1.82, 2.24) is 4.98 Å². The molecule has 2 aliphatic rings. The van der Waals surface area contributed by atoms with Crippen LogP contribution in [0.1, 0.15) is 47.0 Å². The summed E-state index contributed by atoms with van der Waals surface area (Å²) in [6.45, 7) is 4.64. The van der Waals surface area contributed by atoms with Gasteiger partial charge in [0.2, 0.25) is 0 Å². The van der Waals surface area contributed by atoms with Gasteiger partial charge in [0.25, 0.3) is 0 Å². The molecular weight excluding hydrogens is 374 g/mol. The fourth-order valence-corrected chi connectivity index (χ4v) is 5.21. The number of aromatic nitrogens is 1. The van der Waals surface area contributed by atoms with E-state index in [2.05, 4.69) is 24.0 Å². The van der Waals surface area contributed by atoms with Crippen LogP contribution < -0.4 is 0 Å². The van der Waals surface area contributed by atoms with E-state index in [9.17, 15) is 5.11 Å². The van der Waals surface area contributed by atoms with Crippen LogP contribution in [-0.2, 0) is 28.3 Å². The summed E-state index contributed by atoms with van der Waals surface area (Å²) in [5.74, 6) is 0.0252. The summed E-state index contributed by atoms with van der Waals surface area (Å²) in [6.07, 6.45) is 4.98. The highest BCUT2D eigenvalue weighted by molar-refractivity contribution is 7.15. The van der Waals surface area contributed by atoms with Gasteiger partial charge in [0, 0.05) is 24.6 Å². The van der Waals surface area contributed by atoms with Crippen LogP contribution in [0, 0.1) is 6.92 Å². The molecule has 5 rings (SSSR count). The van der Waals surface area contributed by atoms with E-state index in [1.54, 1.807) is 17.6 Å².